The van der Waals surface area contributed by atoms with Gasteiger partial charge in [-0.1, -0.05) is 43.3 Å². The van der Waals surface area contributed by atoms with Crippen molar-refractivity contribution in [3.8, 4) is 5.75 Å². The monoisotopic (exact) mass is 459 g/mol. The molecule has 0 radical (unpaired) electrons. The highest BCUT2D eigenvalue weighted by molar-refractivity contribution is 7.89. The van der Waals surface area contributed by atoms with Gasteiger partial charge in [-0.25, -0.2) is 12.7 Å². The number of hydrogen-bond donors (Lipinski definition) is 1. The first-order chi connectivity index (χ1) is 15.4. The Kier molecular flexibility index (Phi) is 8.67. The van der Waals surface area contributed by atoms with Gasteiger partial charge in [0.1, 0.15) is 10.6 Å². The molecule has 0 unspecified atom stereocenters. The summed E-state index contributed by atoms with van der Waals surface area (Å²) in [6.07, 6.45) is 2.62. The normalized spacial score (nSPS) is 14.2. The molecule has 0 saturated carbocycles. The number of carbonyl (C=O) groups is 1. The van der Waals surface area contributed by atoms with Crippen molar-refractivity contribution in [3.05, 3.63) is 59.7 Å². The second-order valence-corrected chi connectivity index (χ2v) is 10.1. The molecule has 0 aromatic heterocycles. The maximum absolute atomic E-state index is 12.8. The highest BCUT2D eigenvalue weighted by atomic mass is 32.2. The molecule has 32 heavy (non-hydrogen) atoms. The van der Waals surface area contributed by atoms with E-state index >= 15 is 0 Å². The van der Waals surface area contributed by atoms with Gasteiger partial charge >= 0.3 is 0 Å². The fourth-order valence-electron chi connectivity index (χ4n) is 3.86. The van der Waals surface area contributed by atoms with Crippen LogP contribution in [0.4, 0.5) is 0 Å². The molecular weight excluding hydrogens is 426 g/mol. The minimum absolute atomic E-state index is 0.0779. The maximum Gasteiger partial charge on any atom is 0.257 e. The molecular formula is C24H33N3O4S. The zero-order valence-electron chi connectivity index (χ0n) is 18.9. The van der Waals surface area contributed by atoms with Crippen LogP contribution in [0.15, 0.2) is 53.4 Å². The van der Waals surface area contributed by atoms with Gasteiger partial charge in [-0.3, -0.25) is 9.69 Å². The lowest BCUT2D eigenvalue weighted by Crippen LogP contribution is -2.35. The SMILES string of the molecule is CCCN(C)S(=O)(=O)c1ccccc1OCC(=O)NCCCN1CCc2ccccc2C1. The van der Waals surface area contributed by atoms with E-state index in [-0.39, 0.29) is 23.2 Å². The fraction of sp³-hybridized carbons (Fsp3) is 0.458. The number of fused-ring (bicyclic) bond motifs is 1. The van der Waals surface area contributed by atoms with Crippen molar-refractivity contribution >= 4 is 15.9 Å². The van der Waals surface area contributed by atoms with E-state index in [1.54, 1.807) is 25.2 Å². The van der Waals surface area contributed by atoms with E-state index in [0.717, 1.165) is 32.5 Å². The Morgan fingerprint density at radius 1 is 1.12 bits per heavy atom. The Morgan fingerprint density at radius 3 is 2.62 bits per heavy atom. The van der Waals surface area contributed by atoms with Crippen LogP contribution < -0.4 is 10.1 Å². The van der Waals surface area contributed by atoms with Crippen molar-refractivity contribution in [2.24, 2.45) is 0 Å². The topological polar surface area (TPSA) is 78.9 Å². The molecule has 1 N–H and O–H groups in total. The predicted molar refractivity (Wildman–Crippen MR) is 125 cm³/mol. The Hall–Kier alpha value is -2.42. The fourth-order valence-corrected chi connectivity index (χ4v) is 5.25. The summed E-state index contributed by atoms with van der Waals surface area (Å²) in [7, 11) is -2.12. The third-order valence-electron chi connectivity index (χ3n) is 5.62. The quantitative estimate of drug-likeness (QED) is 0.523. The van der Waals surface area contributed by atoms with Crippen LogP contribution >= 0.6 is 0 Å². The smallest absolute Gasteiger partial charge is 0.257 e. The van der Waals surface area contributed by atoms with Gasteiger partial charge in [-0.15, -0.1) is 0 Å². The average Bonchev–Trinajstić information content (AvgIpc) is 2.80. The molecule has 174 valence electrons. The molecule has 0 atom stereocenters. The summed E-state index contributed by atoms with van der Waals surface area (Å²) < 4.78 is 32.4. The van der Waals surface area contributed by atoms with Gasteiger partial charge in [-0.05, 0) is 42.5 Å². The van der Waals surface area contributed by atoms with Gasteiger partial charge < -0.3 is 10.1 Å². The lowest BCUT2D eigenvalue weighted by Gasteiger charge is -2.28. The number of hydrogen-bond acceptors (Lipinski definition) is 5. The molecule has 8 heteroatoms. The van der Waals surface area contributed by atoms with Crippen molar-refractivity contribution < 1.29 is 17.9 Å². The number of para-hydroxylation sites is 1. The molecule has 7 nitrogen and oxygen atoms in total. The van der Waals surface area contributed by atoms with Crippen LogP contribution in [0.2, 0.25) is 0 Å². The first-order valence-electron chi connectivity index (χ1n) is 11.2. The largest absolute Gasteiger partial charge is 0.482 e. The van der Waals surface area contributed by atoms with Gasteiger partial charge in [0.2, 0.25) is 10.0 Å². The first kappa shape index (κ1) is 24.2. The number of benzene rings is 2. The molecule has 0 fully saturated rings. The minimum Gasteiger partial charge on any atom is -0.482 e. The first-order valence-corrected chi connectivity index (χ1v) is 12.6. The second kappa shape index (κ2) is 11.4. The number of ether oxygens (including phenoxy) is 1. The summed E-state index contributed by atoms with van der Waals surface area (Å²) in [5, 5.41) is 2.86. The van der Waals surface area contributed by atoms with Crippen molar-refractivity contribution in [2.75, 3.05) is 39.8 Å². The summed E-state index contributed by atoms with van der Waals surface area (Å²) in [4.78, 5) is 14.7. The highest BCUT2D eigenvalue weighted by Crippen LogP contribution is 2.26. The number of carbonyl (C=O) groups excluding carboxylic acids is 1. The van der Waals surface area contributed by atoms with E-state index in [4.69, 9.17) is 4.74 Å². The highest BCUT2D eigenvalue weighted by Gasteiger charge is 2.24. The molecule has 0 saturated heterocycles. The third-order valence-corrected chi connectivity index (χ3v) is 7.51. The summed E-state index contributed by atoms with van der Waals surface area (Å²) >= 11 is 0. The number of nitrogens with one attached hydrogen (secondary N) is 1. The van der Waals surface area contributed by atoms with Crippen molar-refractivity contribution in [1.82, 2.24) is 14.5 Å². The third kappa shape index (κ3) is 6.31. The average molecular weight is 460 g/mol. The van der Waals surface area contributed by atoms with Crippen LogP contribution in [0.1, 0.15) is 30.9 Å². The number of rotatable bonds is 11. The zero-order valence-corrected chi connectivity index (χ0v) is 19.7. The van der Waals surface area contributed by atoms with Crippen LogP contribution in [0.5, 0.6) is 5.75 Å². The molecule has 2 aromatic carbocycles. The molecule has 1 heterocycles. The van der Waals surface area contributed by atoms with Gasteiger partial charge in [0.05, 0.1) is 0 Å². The molecule has 1 amide bonds. The summed E-state index contributed by atoms with van der Waals surface area (Å²) in [6, 6.07) is 15.0. The summed E-state index contributed by atoms with van der Waals surface area (Å²) in [6.45, 7) is 5.57. The van der Waals surface area contributed by atoms with Crippen LogP contribution in [0, 0.1) is 0 Å². The Morgan fingerprint density at radius 2 is 1.84 bits per heavy atom. The molecule has 1 aliphatic rings. The van der Waals surface area contributed by atoms with Crippen LogP contribution in [0.25, 0.3) is 0 Å². The van der Waals surface area contributed by atoms with Crippen LogP contribution in [0.3, 0.4) is 0 Å². The Balaban J connectivity index is 1.43. The van der Waals surface area contributed by atoms with Gasteiger partial charge in [0.25, 0.3) is 5.91 Å². The van der Waals surface area contributed by atoms with Gasteiger partial charge in [0, 0.05) is 39.8 Å². The number of amides is 1. The lowest BCUT2D eigenvalue weighted by molar-refractivity contribution is -0.123. The van der Waals surface area contributed by atoms with E-state index in [0.29, 0.717) is 19.5 Å². The standard InChI is InChI=1S/C24H33N3O4S/c1-3-15-26(2)32(29,30)23-12-7-6-11-22(23)31-19-24(28)25-14-8-16-27-17-13-20-9-4-5-10-21(20)18-27/h4-7,9-12H,3,8,13-19H2,1-2H3,(H,25,28). The number of nitrogens with zero attached hydrogens (tertiary/aromatic N) is 2. The van der Waals surface area contributed by atoms with E-state index in [1.165, 1.54) is 21.5 Å². The molecule has 1 aliphatic heterocycles. The van der Waals surface area contributed by atoms with Crippen molar-refractivity contribution in [3.63, 3.8) is 0 Å². The molecule has 0 bridgehead atoms. The van der Waals surface area contributed by atoms with Gasteiger partial charge in [0.15, 0.2) is 6.61 Å². The van der Waals surface area contributed by atoms with Crippen LogP contribution in [-0.2, 0) is 27.8 Å². The second-order valence-electron chi connectivity index (χ2n) is 8.06. The van der Waals surface area contributed by atoms with Crippen molar-refractivity contribution in [2.45, 2.75) is 37.6 Å². The van der Waals surface area contributed by atoms with E-state index in [1.807, 2.05) is 6.92 Å². The van der Waals surface area contributed by atoms with Crippen LogP contribution in [-0.4, -0.2) is 63.4 Å². The molecule has 3 rings (SSSR count). The lowest BCUT2D eigenvalue weighted by atomic mass is 10.00. The van der Waals surface area contributed by atoms with Crippen molar-refractivity contribution in [1.29, 1.82) is 0 Å². The predicted octanol–water partition coefficient (Wildman–Crippen LogP) is 2.66. The maximum atomic E-state index is 12.8. The van der Waals surface area contributed by atoms with Gasteiger partial charge in [-0.2, -0.15) is 0 Å². The van der Waals surface area contributed by atoms with E-state index in [9.17, 15) is 13.2 Å². The Labute approximate surface area is 191 Å². The minimum atomic E-state index is -3.66. The summed E-state index contributed by atoms with van der Waals surface area (Å²) in [5.41, 5.74) is 2.81. The van der Waals surface area contributed by atoms with E-state index < -0.39 is 10.0 Å². The summed E-state index contributed by atoms with van der Waals surface area (Å²) in [5.74, 6) is -0.0688. The zero-order chi connectivity index (χ0) is 23.0. The Bertz CT molecular complexity index is 1010. The number of sulfonamides is 1. The molecule has 0 aliphatic carbocycles. The molecule has 2 aromatic rings. The van der Waals surface area contributed by atoms with E-state index in [2.05, 4.69) is 34.5 Å². The molecule has 0 spiro atoms.